The normalized spacial score (nSPS) is 20.4. The highest BCUT2D eigenvalue weighted by Gasteiger charge is 2.34. The van der Waals surface area contributed by atoms with Gasteiger partial charge in [0.25, 0.3) is 0 Å². The number of ether oxygens (including phenoxy) is 2. The van der Waals surface area contributed by atoms with Gasteiger partial charge in [-0.3, -0.25) is 4.79 Å². The van der Waals surface area contributed by atoms with E-state index >= 15 is 0 Å². The molecule has 26 heavy (non-hydrogen) atoms. The highest BCUT2D eigenvalue weighted by atomic mass is 16.5. The lowest BCUT2D eigenvalue weighted by molar-refractivity contribution is -0.146. The molecular weight excluding hydrogens is 324 g/mol. The maximum atomic E-state index is 12.5. The first-order valence-electron chi connectivity index (χ1n) is 10.5. The predicted octanol–water partition coefficient (Wildman–Crippen LogP) is 5.83. The standard InChI is InChI=1S/C23H36O3/c1-4-6-10-15-25-17-18(3)19-13-14-22(23(24)26-16-7-5-2)21-12-9-8-11-20(19)21/h8-9,11-12,18-19,22H,4-7,10,13-17H2,1-3H3. The summed E-state index contributed by atoms with van der Waals surface area (Å²) in [6.07, 6.45) is 7.52. The van der Waals surface area contributed by atoms with E-state index in [9.17, 15) is 4.79 Å². The molecule has 0 fully saturated rings. The monoisotopic (exact) mass is 360 g/mol. The molecule has 0 amide bonds. The van der Waals surface area contributed by atoms with E-state index in [-0.39, 0.29) is 11.9 Å². The number of rotatable bonds is 11. The van der Waals surface area contributed by atoms with E-state index in [1.165, 1.54) is 24.0 Å². The summed E-state index contributed by atoms with van der Waals surface area (Å²) in [5, 5.41) is 0. The van der Waals surface area contributed by atoms with Crippen molar-refractivity contribution in [3.63, 3.8) is 0 Å². The summed E-state index contributed by atoms with van der Waals surface area (Å²) in [4.78, 5) is 12.5. The molecule has 0 saturated carbocycles. The number of hydrogen-bond donors (Lipinski definition) is 0. The van der Waals surface area contributed by atoms with Crippen LogP contribution in [0.15, 0.2) is 24.3 Å². The van der Waals surface area contributed by atoms with Gasteiger partial charge in [-0.25, -0.2) is 0 Å². The van der Waals surface area contributed by atoms with E-state index < -0.39 is 0 Å². The van der Waals surface area contributed by atoms with Gasteiger partial charge >= 0.3 is 5.97 Å². The average Bonchev–Trinajstić information content (AvgIpc) is 2.67. The van der Waals surface area contributed by atoms with Crippen LogP contribution in [0.2, 0.25) is 0 Å². The summed E-state index contributed by atoms with van der Waals surface area (Å²) in [7, 11) is 0. The molecule has 0 aliphatic heterocycles. The molecule has 0 spiro atoms. The number of benzene rings is 1. The van der Waals surface area contributed by atoms with Gasteiger partial charge in [0, 0.05) is 13.2 Å². The third kappa shape index (κ3) is 5.84. The Hall–Kier alpha value is -1.35. The quantitative estimate of drug-likeness (QED) is 0.368. The molecule has 3 heteroatoms. The van der Waals surface area contributed by atoms with Gasteiger partial charge in [0.2, 0.25) is 0 Å². The Morgan fingerprint density at radius 3 is 2.50 bits per heavy atom. The highest BCUT2D eigenvalue weighted by molar-refractivity contribution is 5.79. The van der Waals surface area contributed by atoms with Crippen LogP contribution in [0.25, 0.3) is 0 Å². The molecule has 3 atom stereocenters. The molecule has 1 aliphatic carbocycles. The van der Waals surface area contributed by atoms with Crippen molar-refractivity contribution in [3.8, 4) is 0 Å². The van der Waals surface area contributed by atoms with Gasteiger partial charge in [0.1, 0.15) is 0 Å². The lowest BCUT2D eigenvalue weighted by atomic mass is 9.72. The number of hydrogen-bond acceptors (Lipinski definition) is 3. The molecule has 0 saturated heterocycles. The van der Waals surface area contributed by atoms with Crippen molar-refractivity contribution >= 4 is 5.97 Å². The van der Waals surface area contributed by atoms with Gasteiger partial charge in [0.05, 0.1) is 12.5 Å². The van der Waals surface area contributed by atoms with E-state index in [1.807, 2.05) is 6.07 Å². The van der Waals surface area contributed by atoms with Crippen molar-refractivity contribution in [2.75, 3.05) is 19.8 Å². The van der Waals surface area contributed by atoms with Crippen LogP contribution in [0.4, 0.5) is 0 Å². The third-order valence-corrected chi connectivity index (χ3v) is 5.52. The third-order valence-electron chi connectivity index (χ3n) is 5.52. The van der Waals surface area contributed by atoms with Crippen molar-refractivity contribution in [1.82, 2.24) is 0 Å². The van der Waals surface area contributed by atoms with Crippen LogP contribution in [0.1, 0.15) is 88.7 Å². The summed E-state index contributed by atoms with van der Waals surface area (Å²) < 4.78 is 11.4. The Kier molecular flexibility index (Phi) is 9.17. The topological polar surface area (TPSA) is 35.5 Å². The molecule has 0 radical (unpaired) electrons. The Labute approximate surface area is 159 Å². The first-order valence-corrected chi connectivity index (χ1v) is 10.5. The van der Waals surface area contributed by atoms with Crippen molar-refractivity contribution < 1.29 is 14.3 Å². The molecule has 3 unspecified atom stereocenters. The maximum Gasteiger partial charge on any atom is 0.313 e. The SMILES string of the molecule is CCCCCOCC(C)C1CCC(C(=O)OCCCC)c2ccccc21. The molecule has 0 heterocycles. The minimum atomic E-state index is -0.100. The van der Waals surface area contributed by atoms with Crippen LogP contribution in [0, 0.1) is 5.92 Å². The zero-order chi connectivity index (χ0) is 18.8. The van der Waals surface area contributed by atoms with Gasteiger partial charge in [-0.2, -0.15) is 0 Å². The molecule has 2 rings (SSSR count). The van der Waals surface area contributed by atoms with Crippen LogP contribution < -0.4 is 0 Å². The predicted molar refractivity (Wildman–Crippen MR) is 107 cm³/mol. The van der Waals surface area contributed by atoms with Gasteiger partial charge in [-0.05, 0) is 48.6 Å². The van der Waals surface area contributed by atoms with Gasteiger partial charge < -0.3 is 9.47 Å². The first kappa shape index (κ1) is 21.0. The summed E-state index contributed by atoms with van der Waals surface area (Å²) >= 11 is 0. The number of fused-ring (bicyclic) bond motifs is 1. The Balaban J connectivity index is 1.98. The Morgan fingerprint density at radius 1 is 1.04 bits per heavy atom. The van der Waals surface area contributed by atoms with Crippen molar-refractivity contribution in [1.29, 1.82) is 0 Å². The zero-order valence-electron chi connectivity index (χ0n) is 16.8. The van der Waals surface area contributed by atoms with Crippen molar-refractivity contribution in [2.24, 2.45) is 5.92 Å². The number of esters is 1. The first-order chi connectivity index (χ1) is 12.7. The molecule has 146 valence electrons. The summed E-state index contributed by atoms with van der Waals surface area (Å²) in [5.74, 6) is 0.789. The fourth-order valence-electron chi connectivity index (χ4n) is 3.92. The van der Waals surface area contributed by atoms with E-state index in [0.717, 1.165) is 45.3 Å². The Morgan fingerprint density at radius 2 is 1.77 bits per heavy atom. The highest BCUT2D eigenvalue weighted by Crippen LogP contribution is 2.43. The van der Waals surface area contributed by atoms with Crippen LogP contribution in [-0.2, 0) is 14.3 Å². The average molecular weight is 361 g/mol. The van der Waals surface area contributed by atoms with Gasteiger partial charge in [0.15, 0.2) is 0 Å². The lowest BCUT2D eigenvalue weighted by Gasteiger charge is -2.34. The van der Waals surface area contributed by atoms with Crippen molar-refractivity contribution in [2.45, 2.75) is 77.6 Å². The summed E-state index contributed by atoms with van der Waals surface area (Å²) in [6.45, 7) is 8.80. The fraction of sp³-hybridized carbons (Fsp3) is 0.696. The molecule has 1 aliphatic rings. The van der Waals surface area contributed by atoms with E-state index in [0.29, 0.717) is 18.4 Å². The molecule has 0 N–H and O–H groups in total. The molecule has 1 aromatic carbocycles. The van der Waals surface area contributed by atoms with Gasteiger partial charge in [-0.1, -0.05) is 64.3 Å². The largest absolute Gasteiger partial charge is 0.465 e. The van der Waals surface area contributed by atoms with Crippen molar-refractivity contribution in [3.05, 3.63) is 35.4 Å². The molecule has 3 nitrogen and oxygen atoms in total. The number of unbranched alkanes of at least 4 members (excludes halogenated alkanes) is 3. The van der Waals surface area contributed by atoms with E-state index in [4.69, 9.17) is 9.47 Å². The fourth-order valence-corrected chi connectivity index (χ4v) is 3.92. The van der Waals surface area contributed by atoms with E-state index in [1.54, 1.807) is 0 Å². The van der Waals surface area contributed by atoms with Crippen LogP contribution in [0.5, 0.6) is 0 Å². The Bertz CT molecular complexity index is 540. The molecule has 0 bridgehead atoms. The van der Waals surface area contributed by atoms with Crippen LogP contribution in [0.3, 0.4) is 0 Å². The van der Waals surface area contributed by atoms with Gasteiger partial charge in [-0.15, -0.1) is 0 Å². The number of carbonyl (C=O) groups excluding carboxylic acids is 1. The summed E-state index contributed by atoms with van der Waals surface area (Å²) in [5.41, 5.74) is 2.49. The second-order valence-corrected chi connectivity index (χ2v) is 7.65. The van der Waals surface area contributed by atoms with Crippen LogP contribution in [-0.4, -0.2) is 25.8 Å². The maximum absolute atomic E-state index is 12.5. The smallest absolute Gasteiger partial charge is 0.313 e. The zero-order valence-corrected chi connectivity index (χ0v) is 16.8. The summed E-state index contributed by atoms with van der Waals surface area (Å²) in [6, 6.07) is 8.44. The second-order valence-electron chi connectivity index (χ2n) is 7.65. The number of carbonyl (C=O) groups is 1. The van der Waals surface area contributed by atoms with Crippen LogP contribution >= 0.6 is 0 Å². The molecule has 1 aromatic rings. The minimum Gasteiger partial charge on any atom is -0.465 e. The minimum absolute atomic E-state index is 0.0483. The van der Waals surface area contributed by atoms with E-state index in [2.05, 4.69) is 39.0 Å². The molecule has 0 aromatic heterocycles. The lowest BCUT2D eigenvalue weighted by Crippen LogP contribution is -2.27. The second kappa shape index (κ2) is 11.4. The molecular formula is C23H36O3.